The van der Waals surface area contributed by atoms with Gasteiger partial charge in [-0.05, 0) is 81.1 Å². The highest BCUT2D eigenvalue weighted by Gasteiger charge is 2.41. The number of aliphatic hydroxyl groups excluding tert-OH is 1. The van der Waals surface area contributed by atoms with Gasteiger partial charge in [-0.2, -0.15) is 0 Å². The molecule has 0 aliphatic carbocycles. The predicted molar refractivity (Wildman–Crippen MR) is 211 cm³/mol. The largest absolute Gasteiger partial charge is 0.444 e. The monoisotopic (exact) mass is 810 g/mol. The molecule has 15 heteroatoms. The normalized spacial score (nSPS) is 17.1. The number of hydrogen-bond acceptors (Lipinski definition) is 10. The number of nitrogens with zero attached hydrogens (tertiary/aromatic N) is 2. The fourth-order valence-corrected chi connectivity index (χ4v) is 7.82. The number of carbonyl (C=O) groups excluding carboxylic acids is 3. The third kappa shape index (κ3) is 12.1. The zero-order valence-corrected chi connectivity index (χ0v) is 33.8. The highest BCUT2D eigenvalue weighted by atomic mass is 35.5. The summed E-state index contributed by atoms with van der Waals surface area (Å²) in [5.74, 6) is -1.07. The maximum Gasteiger partial charge on any atom is 0.407 e. The van der Waals surface area contributed by atoms with Gasteiger partial charge in [-0.15, -0.1) is 0 Å². The average Bonchev–Trinajstić information content (AvgIpc) is 3.78. The fraction of sp³-hybridized carbons (Fsp3) is 0.463. The second-order valence-corrected chi connectivity index (χ2v) is 17.2. The van der Waals surface area contributed by atoms with Gasteiger partial charge in [-0.25, -0.2) is 22.9 Å². The van der Waals surface area contributed by atoms with Crippen LogP contribution in [0, 0.1) is 5.92 Å². The van der Waals surface area contributed by atoms with Gasteiger partial charge in [0.05, 0.1) is 30.1 Å². The molecule has 4 aromatic rings. The Balaban J connectivity index is 1.32. The Morgan fingerprint density at radius 1 is 1.02 bits per heavy atom. The van der Waals surface area contributed by atoms with Gasteiger partial charge in [0, 0.05) is 43.4 Å². The smallest absolute Gasteiger partial charge is 0.407 e. The molecular weight excluding hydrogens is 760 g/mol. The Bertz CT molecular complexity index is 2020. The third-order valence-corrected chi connectivity index (χ3v) is 11.2. The molecule has 1 aromatic heterocycles. The molecule has 0 saturated carbocycles. The molecule has 4 atom stereocenters. The van der Waals surface area contributed by atoms with Gasteiger partial charge < -0.3 is 29.2 Å². The molecular formula is C41H51ClN4O9S. The molecule has 3 N–H and O–H groups in total. The van der Waals surface area contributed by atoms with E-state index in [9.17, 15) is 27.9 Å². The minimum atomic E-state index is -3.67. The lowest BCUT2D eigenvalue weighted by Crippen LogP contribution is -2.42. The molecule has 2 amide bonds. The lowest BCUT2D eigenvalue weighted by molar-refractivity contribution is -0.138. The van der Waals surface area contributed by atoms with Crippen molar-refractivity contribution in [1.29, 1.82) is 0 Å². The van der Waals surface area contributed by atoms with Crippen LogP contribution in [0.25, 0.3) is 11.1 Å². The third-order valence-electron chi connectivity index (χ3n) is 9.42. The van der Waals surface area contributed by atoms with Crippen molar-refractivity contribution in [2.24, 2.45) is 5.92 Å². The molecule has 1 unspecified atom stereocenters. The van der Waals surface area contributed by atoms with Gasteiger partial charge in [-0.1, -0.05) is 61.3 Å². The van der Waals surface area contributed by atoms with Gasteiger partial charge in [0.1, 0.15) is 17.2 Å². The number of unbranched alkanes of at least 4 members (excludes halogenated alkanes) is 1. The van der Waals surface area contributed by atoms with Crippen LogP contribution in [0.2, 0.25) is 5.02 Å². The molecule has 1 saturated heterocycles. The number of oxazole rings is 1. The minimum absolute atomic E-state index is 0.0607. The number of rotatable bonds is 18. The standard InChI is InChI=1S/C41H51ClN4O9S/c1-5-44-56(51,52)32-19-15-27(16-20-32)22-37(48)46-25-31(53-26-28-13-17-30(42)18-14-28)24-34(46)35(47)23-29(10-8-9-21-43-40(50)55-41(2,3)4)38(49)39-45-33-11-6-7-12-36(33)54-39/h6-7,11-20,29,31,34,38,44,49H,5,8-10,21-26H2,1-4H3,(H,43,50)/t29-,31-,34+,38?/m1/s1. The van der Waals surface area contributed by atoms with Crippen LogP contribution in [0.15, 0.2) is 82.1 Å². The van der Waals surface area contributed by atoms with E-state index in [1.807, 2.05) is 18.2 Å². The number of para-hydroxylation sites is 2. The van der Waals surface area contributed by atoms with Crippen molar-refractivity contribution in [2.45, 2.75) is 102 Å². The molecule has 3 aromatic carbocycles. The molecule has 13 nitrogen and oxygen atoms in total. The SMILES string of the molecule is CCNS(=O)(=O)c1ccc(CC(=O)N2C[C@H](OCc3ccc(Cl)cc3)C[C@H]2C(=O)C[C@@H](CCCCNC(=O)OC(C)(C)C)C(O)c2nc3ccccc3o2)cc1. The molecule has 1 aliphatic rings. The van der Waals surface area contributed by atoms with Crippen molar-refractivity contribution in [3.05, 3.63) is 94.8 Å². The van der Waals surface area contributed by atoms with E-state index in [2.05, 4.69) is 15.0 Å². The predicted octanol–water partition coefficient (Wildman–Crippen LogP) is 6.51. The van der Waals surface area contributed by atoms with Gasteiger partial charge in [0.2, 0.25) is 21.8 Å². The summed E-state index contributed by atoms with van der Waals surface area (Å²) in [5, 5.41) is 15.0. The first-order valence-electron chi connectivity index (χ1n) is 18.9. The van der Waals surface area contributed by atoms with Crippen molar-refractivity contribution in [1.82, 2.24) is 19.9 Å². The Morgan fingerprint density at radius 3 is 2.39 bits per heavy atom. The molecule has 0 spiro atoms. The first-order chi connectivity index (χ1) is 26.6. The van der Waals surface area contributed by atoms with Crippen LogP contribution in [0.1, 0.15) is 82.9 Å². The summed E-state index contributed by atoms with van der Waals surface area (Å²) in [7, 11) is -3.67. The number of carbonyl (C=O) groups is 3. The van der Waals surface area contributed by atoms with Crippen LogP contribution in [0.4, 0.5) is 4.79 Å². The number of hydrogen-bond donors (Lipinski definition) is 3. The van der Waals surface area contributed by atoms with E-state index in [1.165, 1.54) is 17.0 Å². The van der Waals surface area contributed by atoms with Crippen LogP contribution in [-0.2, 0) is 42.1 Å². The van der Waals surface area contributed by atoms with Crippen molar-refractivity contribution in [2.75, 3.05) is 19.6 Å². The lowest BCUT2D eigenvalue weighted by Gasteiger charge is -2.26. The highest BCUT2D eigenvalue weighted by molar-refractivity contribution is 7.89. The molecule has 5 rings (SSSR count). The summed E-state index contributed by atoms with van der Waals surface area (Å²) in [6, 6.07) is 19.6. The van der Waals surface area contributed by atoms with Gasteiger partial charge in [0.25, 0.3) is 0 Å². The highest BCUT2D eigenvalue weighted by Crippen LogP contribution is 2.34. The van der Waals surface area contributed by atoms with Crippen LogP contribution in [0.3, 0.4) is 0 Å². The summed E-state index contributed by atoms with van der Waals surface area (Å²) in [5.41, 5.74) is 1.93. The van der Waals surface area contributed by atoms with Gasteiger partial charge in [0.15, 0.2) is 11.4 Å². The van der Waals surface area contributed by atoms with Crippen LogP contribution in [-0.4, -0.2) is 78.6 Å². The van der Waals surface area contributed by atoms with E-state index in [1.54, 1.807) is 70.2 Å². The summed E-state index contributed by atoms with van der Waals surface area (Å²) >= 11 is 6.06. The maximum atomic E-state index is 14.3. The first-order valence-corrected chi connectivity index (χ1v) is 20.7. The maximum absolute atomic E-state index is 14.3. The second kappa shape index (κ2) is 19.2. The van der Waals surface area contributed by atoms with Crippen LogP contribution < -0.4 is 10.0 Å². The molecule has 56 heavy (non-hydrogen) atoms. The Hall–Kier alpha value is -4.34. The number of sulfonamides is 1. The molecule has 302 valence electrons. The number of ketones is 1. The summed E-state index contributed by atoms with van der Waals surface area (Å²) < 4.78 is 44.8. The Labute approximate surface area is 333 Å². The Kier molecular flexibility index (Phi) is 14.7. The average molecular weight is 811 g/mol. The molecule has 1 fully saturated rings. The van der Waals surface area contributed by atoms with Crippen molar-refractivity contribution >= 4 is 50.5 Å². The van der Waals surface area contributed by atoms with Crippen molar-refractivity contribution in [3.8, 4) is 0 Å². The number of alkyl carbamates (subject to hydrolysis) is 1. The quantitative estimate of drug-likeness (QED) is 0.0939. The molecule has 2 heterocycles. The van der Waals surface area contributed by atoms with E-state index in [-0.39, 0.29) is 61.4 Å². The minimum Gasteiger partial charge on any atom is -0.444 e. The summed E-state index contributed by atoms with van der Waals surface area (Å²) in [6.07, 6.45) is -0.546. The number of ether oxygens (including phenoxy) is 2. The molecule has 0 bridgehead atoms. The van der Waals surface area contributed by atoms with E-state index in [0.29, 0.717) is 47.5 Å². The number of nitrogens with one attached hydrogen (secondary N) is 2. The number of Topliss-reactive ketones (excluding diaryl/α,β-unsaturated/α-hetero) is 1. The summed E-state index contributed by atoms with van der Waals surface area (Å²) in [4.78, 5) is 46.6. The fourth-order valence-electron chi connectivity index (χ4n) is 6.65. The molecule has 1 aliphatic heterocycles. The van der Waals surface area contributed by atoms with Crippen molar-refractivity contribution < 1.29 is 41.8 Å². The number of fused-ring (bicyclic) bond motifs is 1. The second-order valence-electron chi connectivity index (χ2n) is 15.0. The number of aliphatic hydroxyl groups is 1. The Morgan fingerprint density at radius 2 is 1.71 bits per heavy atom. The van der Waals surface area contributed by atoms with Crippen LogP contribution in [0.5, 0.6) is 0 Å². The zero-order chi connectivity index (χ0) is 40.5. The topological polar surface area (TPSA) is 177 Å². The summed E-state index contributed by atoms with van der Waals surface area (Å²) in [6.45, 7) is 8.05. The van der Waals surface area contributed by atoms with Crippen molar-refractivity contribution in [3.63, 3.8) is 0 Å². The van der Waals surface area contributed by atoms with E-state index < -0.39 is 45.9 Å². The number of halogens is 1. The van der Waals surface area contributed by atoms with Crippen LogP contribution >= 0.6 is 11.6 Å². The zero-order valence-electron chi connectivity index (χ0n) is 32.2. The van der Waals surface area contributed by atoms with E-state index in [0.717, 1.165) is 5.56 Å². The molecule has 0 radical (unpaired) electrons. The lowest BCUT2D eigenvalue weighted by atomic mass is 9.88. The number of benzene rings is 3. The van der Waals surface area contributed by atoms with E-state index >= 15 is 0 Å². The number of aromatic nitrogens is 1. The number of likely N-dealkylation sites (tertiary alicyclic amines) is 1. The first kappa shape index (κ1) is 42.8. The van der Waals surface area contributed by atoms with E-state index in [4.69, 9.17) is 25.5 Å². The van der Waals surface area contributed by atoms with Gasteiger partial charge in [-0.3, -0.25) is 9.59 Å². The number of amides is 2. The van der Waals surface area contributed by atoms with Gasteiger partial charge >= 0.3 is 6.09 Å².